The highest BCUT2D eigenvalue weighted by Gasteiger charge is 1.90. The molecule has 0 aromatic heterocycles. The number of hydrogen-bond acceptors (Lipinski definition) is 1. The summed E-state index contributed by atoms with van der Waals surface area (Å²) in [7, 11) is 0. The Hall–Kier alpha value is -1.83. The molecule has 1 N–H and O–H groups in total. The van der Waals surface area contributed by atoms with Crippen LogP contribution in [0.5, 0.6) is 0 Å². The van der Waals surface area contributed by atoms with Crippen LogP contribution in [0.2, 0.25) is 0 Å². The zero-order chi connectivity index (χ0) is 16.3. The highest BCUT2D eigenvalue weighted by Crippen LogP contribution is 2.00. The van der Waals surface area contributed by atoms with E-state index in [9.17, 15) is 4.79 Å². The molecule has 0 atom stereocenters. The van der Waals surface area contributed by atoms with Gasteiger partial charge < -0.3 is 5.11 Å². The maximum Gasteiger partial charge on any atom is 0.303 e. The minimum Gasteiger partial charge on any atom is -0.481 e. The first-order valence-electron chi connectivity index (χ1n) is 8.20. The van der Waals surface area contributed by atoms with Gasteiger partial charge in [0.2, 0.25) is 0 Å². The lowest BCUT2D eigenvalue weighted by molar-refractivity contribution is -0.136. The molecule has 0 aliphatic heterocycles. The lowest BCUT2D eigenvalue weighted by atomic mass is 10.2. The van der Waals surface area contributed by atoms with Crippen molar-refractivity contribution in [1.29, 1.82) is 0 Å². The number of rotatable bonds is 13. The van der Waals surface area contributed by atoms with Gasteiger partial charge in [0.05, 0.1) is 0 Å². The Morgan fingerprint density at radius 3 is 1.59 bits per heavy atom. The molecule has 0 saturated heterocycles. The van der Waals surface area contributed by atoms with E-state index in [4.69, 9.17) is 5.11 Å². The Labute approximate surface area is 135 Å². The first-order valence-corrected chi connectivity index (χ1v) is 8.20. The second-order valence-electron chi connectivity index (χ2n) is 5.01. The molecule has 2 nitrogen and oxygen atoms in total. The van der Waals surface area contributed by atoms with E-state index in [1.807, 2.05) is 13.0 Å². The summed E-state index contributed by atoms with van der Waals surface area (Å²) in [5, 5.41) is 8.48. The van der Waals surface area contributed by atoms with Crippen LogP contribution in [-0.4, -0.2) is 11.1 Å². The van der Waals surface area contributed by atoms with Crippen molar-refractivity contribution in [2.75, 3.05) is 0 Å². The first kappa shape index (κ1) is 20.2. The predicted molar refractivity (Wildman–Crippen MR) is 95.9 cm³/mol. The van der Waals surface area contributed by atoms with Gasteiger partial charge in [0.25, 0.3) is 0 Å². The largest absolute Gasteiger partial charge is 0.481 e. The van der Waals surface area contributed by atoms with Crippen LogP contribution in [0, 0.1) is 0 Å². The summed E-state index contributed by atoms with van der Waals surface area (Å²) in [5.41, 5.74) is 0. The van der Waals surface area contributed by atoms with Crippen molar-refractivity contribution in [2.45, 2.75) is 58.3 Å². The summed E-state index contributed by atoms with van der Waals surface area (Å²) >= 11 is 0. The SMILES string of the molecule is CC=CCC=CCC=CCCC=CCCC=CCCC(=O)O. The molecule has 0 rings (SSSR count). The third-order valence-electron chi connectivity index (χ3n) is 2.97. The molecule has 0 unspecified atom stereocenters. The molecular weight excluding hydrogens is 272 g/mol. The molecule has 2 heteroatoms. The van der Waals surface area contributed by atoms with E-state index >= 15 is 0 Å². The van der Waals surface area contributed by atoms with E-state index in [2.05, 4.69) is 54.7 Å². The number of unbranched alkanes of at least 4 members (excludes halogenated alkanes) is 2. The lowest BCUT2D eigenvalue weighted by Gasteiger charge is -1.90. The molecule has 0 heterocycles. The number of carboxylic acids is 1. The van der Waals surface area contributed by atoms with E-state index in [0.29, 0.717) is 6.42 Å². The third kappa shape index (κ3) is 18.2. The molecular formula is C20H30O2. The first-order chi connectivity index (χ1) is 10.8. The molecule has 0 bridgehead atoms. The Morgan fingerprint density at radius 2 is 1.09 bits per heavy atom. The van der Waals surface area contributed by atoms with Gasteiger partial charge in [0.1, 0.15) is 0 Å². The van der Waals surface area contributed by atoms with E-state index in [1.165, 1.54) is 0 Å². The van der Waals surface area contributed by atoms with Crippen molar-refractivity contribution >= 4 is 5.97 Å². The maximum atomic E-state index is 10.3. The predicted octanol–water partition coefficient (Wildman–Crippen LogP) is 5.99. The number of aliphatic carboxylic acids is 1. The Kier molecular flexibility index (Phi) is 15.8. The quantitative estimate of drug-likeness (QED) is 0.335. The van der Waals surface area contributed by atoms with Crippen LogP contribution < -0.4 is 0 Å². The molecule has 0 fully saturated rings. The molecule has 0 aliphatic carbocycles. The molecule has 0 amide bonds. The topological polar surface area (TPSA) is 37.3 Å². The van der Waals surface area contributed by atoms with Crippen LogP contribution in [-0.2, 0) is 4.79 Å². The van der Waals surface area contributed by atoms with Crippen LogP contribution in [0.4, 0.5) is 0 Å². The normalized spacial score (nSPS) is 12.8. The molecule has 122 valence electrons. The summed E-state index contributed by atoms with van der Waals surface area (Å²) in [5.74, 6) is -0.731. The molecule has 0 aliphatic rings. The van der Waals surface area contributed by atoms with E-state index < -0.39 is 5.97 Å². The van der Waals surface area contributed by atoms with Crippen molar-refractivity contribution < 1.29 is 9.90 Å². The fraction of sp³-hybridized carbons (Fsp3) is 0.450. The zero-order valence-electron chi connectivity index (χ0n) is 13.8. The lowest BCUT2D eigenvalue weighted by Crippen LogP contribution is -1.91. The van der Waals surface area contributed by atoms with Crippen LogP contribution in [0.15, 0.2) is 60.8 Å². The van der Waals surface area contributed by atoms with Gasteiger partial charge in [-0.2, -0.15) is 0 Å². The van der Waals surface area contributed by atoms with Gasteiger partial charge in [-0.1, -0.05) is 60.8 Å². The van der Waals surface area contributed by atoms with E-state index in [-0.39, 0.29) is 6.42 Å². The van der Waals surface area contributed by atoms with E-state index in [1.54, 1.807) is 0 Å². The van der Waals surface area contributed by atoms with Crippen LogP contribution in [0.3, 0.4) is 0 Å². The monoisotopic (exact) mass is 302 g/mol. The summed E-state index contributed by atoms with van der Waals surface area (Å²) < 4.78 is 0. The fourth-order valence-corrected chi connectivity index (χ4v) is 1.76. The average molecular weight is 302 g/mol. The Balaban J connectivity index is 3.40. The Morgan fingerprint density at radius 1 is 0.682 bits per heavy atom. The van der Waals surface area contributed by atoms with Crippen LogP contribution in [0.1, 0.15) is 58.3 Å². The second-order valence-corrected chi connectivity index (χ2v) is 5.01. The summed E-state index contributed by atoms with van der Waals surface area (Å²) in [4.78, 5) is 10.3. The third-order valence-corrected chi connectivity index (χ3v) is 2.97. The second kappa shape index (κ2) is 17.2. The van der Waals surface area contributed by atoms with Gasteiger partial charge in [-0.3, -0.25) is 4.79 Å². The molecule has 22 heavy (non-hydrogen) atoms. The van der Waals surface area contributed by atoms with Crippen LogP contribution >= 0.6 is 0 Å². The zero-order valence-corrected chi connectivity index (χ0v) is 13.8. The van der Waals surface area contributed by atoms with Crippen molar-refractivity contribution in [3.63, 3.8) is 0 Å². The number of allylic oxidation sites excluding steroid dienone is 10. The van der Waals surface area contributed by atoms with Gasteiger partial charge in [-0.05, 0) is 51.9 Å². The average Bonchev–Trinajstić information content (AvgIpc) is 2.50. The van der Waals surface area contributed by atoms with Crippen molar-refractivity contribution in [3.8, 4) is 0 Å². The molecule has 0 aromatic rings. The standard InChI is InChI=1S/C20H30O2/c1-2-3-4-5-6-7-8-9-10-11-12-13-14-15-16-17-18-19-20(21)22/h2-3,5-6,8-9,12-13,16-17H,4,7,10-11,14-15,18-19H2,1H3,(H,21,22). The van der Waals surface area contributed by atoms with Crippen molar-refractivity contribution in [3.05, 3.63) is 60.8 Å². The summed E-state index contributed by atoms with van der Waals surface area (Å²) in [6.45, 7) is 2.04. The minimum atomic E-state index is -0.731. The molecule has 0 saturated carbocycles. The van der Waals surface area contributed by atoms with Gasteiger partial charge in [-0.15, -0.1) is 0 Å². The van der Waals surface area contributed by atoms with Gasteiger partial charge in [-0.25, -0.2) is 0 Å². The molecule has 0 spiro atoms. The van der Waals surface area contributed by atoms with Crippen molar-refractivity contribution in [2.24, 2.45) is 0 Å². The summed E-state index contributed by atoms with van der Waals surface area (Å²) in [6, 6.07) is 0. The maximum absolute atomic E-state index is 10.3. The Bertz CT molecular complexity index is 398. The molecule has 0 aromatic carbocycles. The van der Waals surface area contributed by atoms with Crippen molar-refractivity contribution in [1.82, 2.24) is 0 Å². The fourth-order valence-electron chi connectivity index (χ4n) is 1.76. The molecule has 0 radical (unpaired) electrons. The number of carboxylic acid groups (broad SMARTS) is 1. The number of hydrogen-bond donors (Lipinski definition) is 1. The van der Waals surface area contributed by atoms with Crippen LogP contribution in [0.25, 0.3) is 0 Å². The summed E-state index contributed by atoms with van der Waals surface area (Å²) in [6.07, 6.45) is 28.6. The minimum absolute atomic E-state index is 0.225. The smallest absolute Gasteiger partial charge is 0.303 e. The highest BCUT2D eigenvalue weighted by atomic mass is 16.4. The van der Waals surface area contributed by atoms with Gasteiger partial charge in [0.15, 0.2) is 0 Å². The highest BCUT2D eigenvalue weighted by molar-refractivity contribution is 5.66. The van der Waals surface area contributed by atoms with Gasteiger partial charge >= 0.3 is 5.97 Å². The van der Waals surface area contributed by atoms with Gasteiger partial charge in [0, 0.05) is 6.42 Å². The van der Waals surface area contributed by atoms with E-state index in [0.717, 1.165) is 38.5 Å². The number of carbonyl (C=O) groups is 1.